The second kappa shape index (κ2) is 8.39. The number of nitrogens with zero attached hydrogens (tertiary/aromatic N) is 3. The van der Waals surface area contributed by atoms with Crippen molar-refractivity contribution >= 4 is 18.4 Å². The maximum Gasteiger partial charge on any atom is 0.216 e. The Hall–Kier alpha value is -2.93. The molecule has 3 rings (SSSR count). The molecule has 28 heavy (non-hydrogen) atoms. The van der Waals surface area contributed by atoms with Gasteiger partial charge in [-0.3, -0.25) is 0 Å². The molecule has 3 aromatic rings. The summed E-state index contributed by atoms with van der Waals surface area (Å²) in [5.41, 5.74) is 2.38. The van der Waals surface area contributed by atoms with Crippen LogP contribution in [0.15, 0.2) is 53.6 Å². The molecular formula is C21H24N4O2S. The van der Waals surface area contributed by atoms with Crippen LogP contribution in [0.5, 0.6) is 11.5 Å². The van der Waals surface area contributed by atoms with Gasteiger partial charge in [0.1, 0.15) is 18.1 Å². The summed E-state index contributed by atoms with van der Waals surface area (Å²) in [6.45, 7) is 6.79. The number of aromatic amines is 1. The fourth-order valence-corrected chi connectivity index (χ4v) is 2.77. The van der Waals surface area contributed by atoms with Crippen LogP contribution in [-0.2, 0) is 12.0 Å². The van der Waals surface area contributed by atoms with Crippen molar-refractivity contribution in [2.24, 2.45) is 5.10 Å². The molecule has 0 aliphatic heterocycles. The first-order valence-corrected chi connectivity index (χ1v) is 9.36. The van der Waals surface area contributed by atoms with E-state index in [0.29, 0.717) is 16.3 Å². The molecule has 0 spiro atoms. The Balaban J connectivity index is 1.73. The fraction of sp³-hybridized carbons (Fsp3) is 0.286. The lowest BCUT2D eigenvalue weighted by molar-refractivity contribution is 0.288. The van der Waals surface area contributed by atoms with Crippen LogP contribution < -0.4 is 9.47 Å². The smallest absolute Gasteiger partial charge is 0.216 e. The predicted molar refractivity (Wildman–Crippen MR) is 113 cm³/mol. The van der Waals surface area contributed by atoms with Crippen molar-refractivity contribution in [1.82, 2.24) is 14.9 Å². The molecule has 0 amide bonds. The van der Waals surface area contributed by atoms with Gasteiger partial charge in [-0.1, -0.05) is 51.1 Å². The van der Waals surface area contributed by atoms with E-state index in [9.17, 15) is 0 Å². The summed E-state index contributed by atoms with van der Waals surface area (Å²) in [6.07, 6.45) is 1.76. The van der Waals surface area contributed by atoms with Gasteiger partial charge < -0.3 is 9.47 Å². The van der Waals surface area contributed by atoms with Gasteiger partial charge in [0.05, 0.1) is 13.3 Å². The van der Waals surface area contributed by atoms with E-state index in [0.717, 1.165) is 11.3 Å². The van der Waals surface area contributed by atoms with Crippen LogP contribution in [0.4, 0.5) is 0 Å². The molecule has 1 aromatic heterocycles. The molecule has 0 radical (unpaired) electrons. The van der Waals surface area contributed by atoms with Crippen molar-refractivity contribution in [2.45, 2.75) is 32.8 Å². The lowest BCUT2D eigenvalue weighted by Gasteiger charge is -2.18. The van der Waals surface area contributed by atoms with Crippen LogP contribution >= 0.6 is 12.2 Å². The summed E-state index contributed by atoms with van der Waals surface area (Å²) in [5, 5.41) is 11.4. The Morgan fingerprint density at radius 3 is 2.54 bits per heavy atom. The monoisotopic (exact) mass is 396 g/mol. The van der Waals surface area contributed by atoms with Gasteiger partial charge in [-0.2, -0.15) is 14.9 Å². The van der Waals surface area contributed by atoms with E-state index in [4.69, 9.17) is 21.7 Å². The molecule has 2 aromatic carbocycles. The number of hydrogen-bond acceptors (Lipinski definition) is 5. The Labute approximate surface area is 169 Å². The summed E-state index contributed by atoms with van der Waals surface area (Å²) in [5.74, 6) is 1.99. The number of methoxy groups -OCH3 is 1. The van der Waals surface area contributed by atoms with E-state index in [-0.39, 0.29) is 12.0 Å². The Morgan fingerprint density at radius 2 is 1.86 bits per heavy atom. The third kappa shape index (κ3) is 4.86. The van der Waals surface area contributed by atoms with E-state index in [2.05, 4.69) is 48.2 Å². The highest BCUT2D eigenvalue weighted by atomic mass is 32.1. The summed E-state index contributed by atoms with van der Waals surface area (Å²) in [4.78, 5) is 0. The molecule has 0 aliphatic carbocycles. The summed E-state index contributed by atoms with van der Waals surface area (Å²) >= 11 is 5.28. The largest absolute Gasteiger partial charge is 0.497 e. The Morgan fingerprint density at radius 1 is 1.14 bits per heavy atom. The van der Waals surface area contributed by atoms with Crippen molar-refractivity contribution in [3.8, 4) is 11.5 Å². The topological polar surface area (TPSA) is 64.4 Å². The van der Waals surface area contributed by atoms with Crippen LogP contribution in [-0.4, -0.2) is 28.2 Å². The van der Waals surface area contributed by atoms with E-state index in [1.54, 1.807) is 18.0 Å². The van der Waals surface area contributed by atoms with E-state index in [1.807, 2.05) is 36.4 Å². The maximum absolute atomic E-state index is 5.79. The van der Waals surface area contributed by atoms with Gasteiger partial charge in [0, 0.05) is 6.07 Å². The standard InChI is InChI=1S/C21H24N4O2S/c1-21(2,3)16-10-8-15(9-11-16)13-22-25-19(23-24-20(25)28)14-27-18-7-5-6-17(12-18)26-4/h5-13H,14H2,1-4H3,(H,24,28)/b22-13-. The molecule has 6 nitrogen and oxygen atoms in total. The van der Waals surface area contributed by atoms with Crippen molar-refractivity contribution in [2.75, 3.05) is 7.11 Å². The van der Waals surface area contributed by atoms with E-state index in [1.165, 1.54) is 5.56 Å². The Kier molecular flexibility index (Phi) is 5.94. The minimum Gasteiger partial charge on any atom is -0.497 e. The molecule has 1 heterocycles. The number of hydrogen-bond donors (Lipinski definition) is 1. The van der Waals surface area contributed by atoms with Gasteiger partial charge in [0.15, 0.2) is 5.82 Å². The quantitative estimate of drug-likeness (QED) is 0.484. The molecule has 0 saturated heterocycles. The number of aromatic nitrogens is 3. The molecule has 0 bridgehead atoms. The SMILES string of the molecule is COc1cccc(OCc2n[nH]c(=S)n2/N=C\c2ccc(C(C)(C)C)cc2)c1. The van der Waals surface area contributed by atoms with Gasteiger partial charge in [-0.15, -0.1) is 0 Å². The lowest BCUT2D eigenvalue weighted by atomic mass is 9.87. The van der Waals surface area contributed by atoms with Gasteiger partial charge in [-0.25, -0.2) is 5.10 Å². The fourth-order valence-electron chi connectivity index (χ4n) is 2.57. The number of benzene rings is 2. The maximum atomic E-state index is 5.79. The number of ether oxygens (including phenoxy) is 2. The predicted octanol–water partition coefficient (Wildman–Crippen LogP) is 4.71. The third-order valence-corrected chi connectivity index (χ3v) is 4.49. The van der Waals surface area contributed by atoms with Crippen LogP contribution in [0.1, 0.15) is 37.7 Å². The number of nitrogens with one attached hydrogen (secondary N) is 1. The first-order valence-electron chi connectivity index (χ1n) is 8.95. The Bertz CT molecular complexity index is 1010. The van der Waals surface area contributed by atoms with Crippen LogP contribution in [0, 0.1) is 4.77 Å². The lowest BCUT2D eigenvalue weighted by Crippen LogP contribution is -2.10. The minimum absolute atomic E-state index is 0.118. The van der Waals surface area contributed by atoms with E-state index < -0.39 is 0 Å². The zero-order valence-electron chi connectivity index (χ0n) is 16.5. The first kappa shape index (κ1) is 19.8. The number of H-pyrrole nitrogens is 1. The van der Waals surface area contributed by atoms with Gasteiger partial charge in [-0.05, 0) is 40.9 Å². The summed E-state index contributed by atoms with van der Waals surface area (Å²) in [7, 11) is 1.62. The zero-order chi connectivity index (χ0) is 20.1. The molecule has 1 N–H and O–H groups in total. The molecule has 146 valence electrons. The summed E-state index contributed by atoms with van der Waals surface area (Å²) in [6, 6.07) is 15.7. The van der Waals surface area contributed by atoms with Crippen molar-refractivity contribution in [3.63, 3.8) is 0 Å². The average molecular weight is 397 g/mol. The molecule has 0 fully saturated rings. The van der Waals surface area contributed by atoms with Gasteiger partial charge >= 0.3 is 0 Å². The second-order valence-electron chi connectivity index (χ2n) is 7.34. The highest BCUT2D eigenvalue weighted by Crippen LogP contribution is 2.22. The first-order chi connectivity index (χ1) is 13.4. The molecule has 0 aliphatic rings. The molecule has 0 atom stereocenters. The highest BCUT2D eigenvalue weighted by Gasteiger charge is 2.12. The third-order valence-electron chi connectivity index (χ3n) is 4.23. The van der Waals surface area contributed by atoms with Gasteiger partial charge in [0.2, 0.25) is 4.77 Å². The van der Waals surface area contributed by atoms with Gasteiger partial charge in [0.25, 0.3) is 0 Å². The second-order valence-corrected chi connectivity index (χ2v) is 7.73. The van der Waals surface area contributed by atoms with E-state index >= 15 is 0 Å². The number of rotatable bonds is 6. The normalized spacial score (nSPS) is 11.7. The molecule has 7 heteroatoms. The van der Waals surface area contributed by atoms with Crippen molar-refractivity contribution < 1.29 is 9.47 Å². The molecular weight excluding hydrogens is 372 g/mol. The van der Waals surface area contributed by atoms with Crippen molar-refractivity contribution in [3.05, 3.63) is 70.3 Å². The van der Waals surface area contributed by atoms with Crippen LogP contribution in [0.3, 0.4) is 0 Å². The zero-order valence-corrected chi connectivity index (χ0v) is 17.3. The molecule has 0 unspecified atom stereocenters. The summed E-state index contributed by atoms with van der Waals surface area (Å²) < 4.78 is 13.0. The van der Waals surface area contributed by atoms with Crippen molar-refractivity contribution in [1.29, 1.82) is 0 Å². The highest BCUT2D eigenvalue weighted by molar-refractivity contribution is 7.71. The van der Waals surface area contributed by atoms with Crippen LogP contribution in [0.2, 0.25) is 0 Å². The average Bonchev–Trinajstić information content (AvgIpc) is 3.04. The van der Waals surface area contributed by atoms with Crippen LogP contribution in [0.25, 0.3) is 0 Å². The molecule has 0 saturated carbocycles. The minimum atomic E-state index is 0.118.